The lowest BCUT2D eigenvalue weighted by atomic mass is 9.85. The standard InChI is InChI=1S/C24H47O12P.H3N/c1-2-3-4-5-6-7-8-9-10-11-12-13-14-18(26)34-15-17(25)16-35-37(32,33)36-24-22(30)20(28)19(27)21(29)23(24)31;/h17,19-25,27-31H,2-16H2,1H3,(H,32,33);1H3/t17-,19?,20-,21+,22-,23-,24?;/m1./s1/i15D2,16D2,17D;. The topological polar surface area (TPSA) is 238 Å². The Balaban J connectivity index is 0.0000176. The highest BCUT2D eigenvalue weighted by molar-refractivity contribution is 7.47. The van der Waals surface area contributed by atoms with Crippen LogP contribution in [0, 0.1) is 0 Å². The molecule has 0 amide bonds. The van der Waals surface area contributed by atoms with Crippen LogP contribution in [-0.2, 0) is 23.1 Å². The second kappa shape index (κ2) is 20.2. The molecule has 13 nitrogen and oxygen atoms in total. The number of ether oxygens (including phenoxy) is 1. The first-order chi connectivity index (χ1) is 19.3. The number of phosphoric ester groups is 1. The third kappa shape index (κ3) is 14.6. The Morgan fingerprint density at radius 1 is 0.816 bits per heavy atom. The molecule has 1 saturated carbocycles. The summed E-state index contributed by atoms with van der Waals surface area (Å²) in [5.41, 5.74) is 0. The number of hydrogen-bond donors (Lipinski definition) is 8. The van der Waals surface area contributed by atoms with Gasteiger partial charge >= 0.3 is 13.8 Å². The largest absolute Gasteiger partial charge is 0.472 e. The quantitative estimate of drug-likeness (QED) is 0.0579. The third-order valence-corrected chi connectivity index (χ3v) is 6.91. The lowest BCUT2D eigenvalue weighted by Gasteiger charge is -2.41. The van der Waals surface area contributed by atoms with Gasteiger partial charge in [0.2, 0.25) is 0 Å². The van der Waals surface area contributed by atoms with Crippen LogP contribution < -0.4 is 6.15 Å². The van der Waals surface area contributed by atoms with Crippen LogP contribution in [0.4, 0.5) is 0 Å². The lowest BCUT2D eigenvalue weighted by Crippen LogP contribution is -2.64. The van der Waals surface area contributed by atoms with Crippen molar-refractivity contribution in [3.63, 3.8) is 0 Å². The molecule has 0 aromatic rings. The van der Waals surface area contributed by atoms with Crippen LogP contribution in [0.5, 0.6) is 0 Å². The van der Waals surface area contributed by atoms with E-state index in [1.165, 1.54) is 38.5 Å². The zero-order valence-electron chi connectivity index (χ0n) is 27.0. The number of aliphatic hydroxyl groups is 6. The maximum atomic E-state index is 12.4. The average Bonchev–Trinajstić information content (AvgIpc) is 2.88. The van der Waals surface area contributed by atoms with Crippen molar-refractivity contribution in [3.05, 3.63) is 0 Å². The molecule has 0 aromatic carbocycles. The predicted octanol–water partition coefficient (Wildman–Crippen LogP) is 1.46. The van der Waals surface area contributed by atoms with Crippen molar-refractivity contribution >= 4 is 13.8 Å². The van der Waals surface area contributed by atoms with Gasteiger partial charge in [-0.3, -0.25) is 13.8 Å². The number of carbonyl (C=O) groups is 1. The van der Waals surface area contributed by atoms with Gasteiger partial charge in [0.05, 0.1) is 13.4 Å². The number of phosphoric acid groups is 1. The Labute approximate surface area is 232 Å². The molecule has 14 heteroatoms. The van der Waals surface area contributed by atoms with E-state index in [2.05, 4.69) is 20.7 Å². The molecular formula is C24H50NO12P. The summed E-state index contributed by atoms with van der Waals surface area (Å²) in [6.45, 7) is -5.74. The molecule has 8 atom stereocenters. The summed E-state index contributed by atoms with van der Waals surface area (Å²) >= 11 is 0. The summed E-state index contributed by atoms with van der Waals surface area (Å²) in [7, 11) is -5.86. The normalized spacial score (nSPS) is 31.3. The summed E-state index contributed by atoms with van der Waals surface area (Å²) < 4.78 is 64.2. The fourth-order valence-electron chi connectivity index (χ4n) is 3.89. The van der Waals surface area contributed by atoms with Crippen molar-refractivity contribution in [1.82, 2.24) is 6.15 Å². The molecular weight excluding hydrogens is 525 g/mol. The van der Waals surface area contributed by atoms with Crippen LogP contribution >= 0.6 is 7.82 Å². The van der Waals surface area contributed by atoms with Crippen molar-refractivity contribution in [1.29, 1.82) is 0 Å². The second-order valence-electron chi connectivity index (χ2n) is 9.25. The summed E-state index contributed by atoms with van der Waals surface area (Å²) in [5.74, 6) is -1.20. The highest BCUT2D eigenvalue weighted by Crippen LogP contribution is 2.47. The molecule has 10 N–H and O–H groups in total. The average molecular weight is 581 g/mol. The Bertz CT molecular complexity index is 859. The molecule has 0 saturated heterocycles. The predicted molar refractivity (Wildman–Crippen MR) is 138 cm³/mol. The molecule has 3 unspecified atom stereocenters. The molecule has 38 heavy (non-hydrogen) atoms. The van der Waals surface area contributed by atoms with Crippen LogP contribution in [0.2, 0.25) is 0 Å². The van der Waals surface area contributed by atoms with E-state index in [4.69, 9.17) is 6.85 Å². The van der Waals surface area contributed by atoms with Crippen LogP contribution in [0.25, 0.3) is 0 Å². The van der Waals surface area contributed by atoms with Crippen LogP contribution in [0.1, 0.15) is 97.2 Å². The zero-order valence-corrected chi connectivity index (χ0v) is 22.9. The molecule has 0 radical (unpaired) electrons. The van der Waals surface area contributed by atoms with E-state index in [1.807, 2.05) is 0 Å². The van der Waals surface area contributed by atoms with Gasteiger partial charge < -0.3 is 46.4 Å². The van der Waals surface area contributed by atoms with E-state index in [0.717, 1.165) is 25.7 Å². The van der Waals surface area contributed by atoms with Crippen molar-refractivity contribution in [3.8, 4) is 0 Å². The first-order valence-electron chi connectivity index (χ1n) is 15.4. The second-order valence-corrected chi connectivity index (χ2v) is 10.6. The van der Waals surface area contributed by atoms with E-state index in [1.54, 1.807) is 0 Å². The summed E-state index contributed by atoms with van der Waals surface area (Å²) in [6, 6.07) is 0. The van der Waals surface area contributed by atoms with Gasteiger partial charge in [-0.1, -0.05) is 77.6 Å². The molecule has 1 rings (SSSR count). The Hall–Kier alpha value is -0.700. The third-order valence-electron chi connectivity index (χ3n) is 6.08. The highest BCUT2D eigenvalue weighted by atomic mass is 31.2. The van der Waals surface area contributed by atoms with Gasteiger partial charge in [0.1, 0.15) is 49.3 Å². The van der Waals surface area contributed by atoms with Crippen molar-refractivity contribution in [2.24, 2.45) is 0 Å². The molecule has 1 aliphatic carbocycles. The van der Waals surface area contributed by atoms with Gasteiger partial charge in [0.15, 0.2) is 0 Å². The van der Waals surface area contributed by atoms with Crippen LogP contribution in [0.15, 0.2) is 0 Å². The Morgan fingerprint density at radius 3 is 1.71 bits per heavy atom. The minimum Gasteiger partial charge on any atom is -0.463 e. The monoisotopic (exact) mass is 580 g/mol. The van der Waals surface area contributed by atoms with Gasteiger partial charge in [-0.05, 0) is 6.42 Å². The smallest absolute Gasteiger partial charge is 0.463 e. The Kier molecular flexibility index (Phi) is 15.3. The number of unbranched alkanes of at least 4 members (excludes halogenated alkanes) is 11. The van der Waals surface area contributed by atoms with Crippen LogP contribution in [0.3, 0.4) is 0 Å². The van der Waals surface area contributed by atoms with Gasteiger partial charge in [0.25, 0.3) is 0 Å². The maximum Gasteiger partial charge on any atom is 0.472 e. The maximum absolute atomic E-state index is 12.4. The van der Waals surface area contributed by atoms with Crippen LogP contribution in [-0.4, -0.2) is 97.3 Å². The lowest BCUT2D eigenvalue weighted by molar-refractivity contribution is -0.220. The van der Waals surface area contributed by atoms with Crippen molar-refractivity contribution < 1.29 is 65.5 Å². The minimum absolute atomic E-state index is 0. The molecule has 0 bridgehead atoms. The summed E-state index contributed by atoms with van der Waals surface area (Å²) in [4.78, 5) is 22.1. The SMILES string of the molecule is N.[2H]C([2H])(OC(=O)CCCCCCCCCCCCCC)[C@@]([2H])(O)C([2H])([2H])OP(=O)(O)OC1[C@H](O)[C@H](O)C(O)[C@H](O)[C@H]1O. The summed E-state index contributed by atoms with van der Waals surface area (Å²) in [6.07, 6.45) is -5.46. The van der Waals surface area contributed by atoms with Crippen molar-refractivity contribution in [2.75, 3.05) is 13.1 Å². The first-order valence-corrected chi connectivity index (χ1v) is 14.4. The minimum atomic E-state index is -5.86. The van der Waals surface area contributed by atoms with Crippen molar-refractivity contribution in [2.45, 2.75) is 133 Å². The number of aliphatic hydroxyl groups excluding tert-OH is 5. The molecule has 0 heterocycles. The fourth-order valence-corrected chi connectivity index (χ4v) is 4.69. The molecule has 0 spiro atoms. The molecule has 228 valence electrons. The first kappa shape index (κ1) is 28.8. The van der Waals surface area contributed by atoms with Gasteiger partial charge in [-0.25, -0.2) is 4.57 Å². The van der Waals surface area contributed by atoms with E-state index in [0.29, 0.717) is 12.8 Å². The van der Waals surface area contributed by atoms with E-state index >= 15 is 0 Å². The molecule has 0 aliphatic heterocycles. The molecule has 1 fully saturated rings. The fraction of sp³-hybridized carbons (Fsp3) is 0.958. The molecule has 0 aromatic heterocycles. The van der Waals surface area contributed by atoms with E-state index < -0.39 is 69.6 Å². The van der Waals surface area contributed by atoms with Gasteiger partial charge in [-0.15, -0.1) is 0 Å². The Morgan fingerprint density at radius 2 is 1.24 bits per heavy atom. The molecule has 1 aliphatic rings. The number of rotatable bonds is 20. The van der Waals surface area contributed by atoms with Gasteiger partial charge in [0, 0.05) is 6.42 Å². The summed E-state index contributed by atoms with van der Waals surface area (Å²) in [5, 5.41) is 59.2. The van der Waals surface area contributed by atoms with Gasteiger partial charge in [-0.2, -0.15) is 0 Å². The number of esters is 1. The number of hydrogen-bond acceptors (Lipinski definition) is 12. The number of carbonyl (C=O) groups excluding carboxylic acids is 1. The van der Waals surface area contributed by atoms with E-state index in [9.17, 15) is 44.9 Å². The zero-order chi connectivity index (χ0) is 32.4. The van der Waals surface area contributed by atoms with E-state index in [-0.39, 0.29) is 12.6 Å². The highest BCUT2D eigenvalue weighted by Gasteiger charge is 2.51.